The summed E-state index contributed by atoms with van der Waals surface area (Å²) in [4.78, 5) is 37.8. The van der Waals surface area contributed by atoms with E-state index in [2.05, 4.69) is 14.8 Å². The van der Waals surface area contributed by atoms with Crippen LogP contribution in [0.3, 0.4) is 0 Å². The van der Waals surface area contributed by atoms with Gasteiger partial charge in [-0.05, 0) is 51.0 Å². The zero-order valence-corrected chi connectivity index (χ0v) is 20.2. The van der Waals surface area contributed by atoms with Gasteiger partial charge in [0.2, 0.25) is 0 Å². The van der Waals surface area contributed by atoms with Crippen molar-refractivity contribution in [3.8, 4) is 11.5 Å². The van der Waals surface area contributed by atoms with Gasteiger partial charge in [0, 0.05) is 11.8 Å². The highest BCUT2D eigenvalue weighted by Gasteiger charge is 2.35. The number of carbonyl (C=O) groups excluding carboxylic acids is 1. The van der Waals surface area contributed by atoms with E-state index in [0.717, 1.165) is 0 Å². The molecule has 0 spiro atoms. The van der Waals surface area contributed by atoms with E-state index in [-0.39, 0.29) is 12.4 Å². The van der Waals surface area contributed by atoms with Gasteiger partial charge in [0.15, 0.2) is 0 Å². The van der Waals surface area contributed by atoms with Gasteiger partial charge in [-0.1, -0.05) is 0 Å². The second-order valence-electron chi connectivity index (χ2n) is 7.70. The van der Waals surface area contributed by atoms with Gasteiger partial charge in [-0.15, -0.1) is 0 Å². The fourth-order valence-corrected chi connectivity index (χ4v) is 4.85. The molecule has 3 rings (SSSR count). The number of ether oxygens (including phenoxy) is 3. The van der Waals surface area contributed by atoms with Crippen LogP contribution in [0.25, 0.3) is 0 Å². The van der Waals surface area contributed by atoms with E-state index >= 15 is 0 Å². The van der Waals surface area contributed by atoms with Gasteiger partial charge in [0.25, 0.3) is 5.56 Å². The summed E-state index contributed by atoms with van der Waals surface area (Å²) in [6.45, 7) is 2.92. The number of methoxy groups -OCH3 is 2. The van der Waals surface area contributed by atoms with Gasteiger partial charge in [-0.2, -0.15) is 5.09 Å². The molecular formula is C21H28N3O9P. The first-order valence-corrected chi connectivity index (χ1v) is 12.1. The number of aryl methyl sites for hydroxylation is 1. The number of hydrogen-bond donors (Lipinski definition) is 2. The number of nitrogens with zero attached hydrogens (tertiary/aromatic N) is 1. The molecule has 1 saturated heterocycles. The van der Waals surface area contributed by atoms with Gasteiger partial charge in [-0.25, -0.2) is 9.36 Å². The SMILES string of the molecule is COC(=O)C(C)NP(=O)(OC[C@@H]1CCC(n2cc(C)c(=O)[nH]c2=O)O1)Oc1ccc(OC)cc1. The Labute approximate surface area is 195 Å². The molecule has 0 radical (unpaired) electrons. The highest BCUT2D eigenvalue weighted by Crippen LogP contribution is 2.46. The Bertz CT molecular complexity index is 1160. The van der Waals surface area contributed by atoms with Crippen molar-refractivity contribution in [2.45, 2.75) is 45.1 Å². The maximum absolute atomic E-state index is 13.5. The van der Waals surface area contributed by atoms with Crippen molar-refractivity contribution in [1.82, 2.24) is 14.6 Å². The molecule has 3 unspecified atom stereocenters. The van der Waals surface area contributed by atoms with Crippen LogP contribution in [0.15, 0.2) is 40.1 Å². The molecule has 34 heavy (non-hydrogen) atoms. The summed E-state index contributed by atoms with van der Waals surface area (Å²) in [5, 5.41) is 2.57. The molecule has 1 aliphatic rings. The van der Waals surface area contributed by atoms with Crippen molar-refractivity contribution >= 4 is 13.7 Å². The van der Waals surface area contributed by atoms with Crippen molar-refractivity contribution in [1.29, 1.82) is 0 Å². The van der Waals surface area contributed by atoms with Crippen LogP contribution in [0, 0.1) is 6.92 Å². The smallest absolute Gasteiger partial charge is 0.459 e. The Morgan fingerprint density at radius 1 is 1.24 bits per heavy atom. The van der Waals surface area contributed by atoms with Gasteiger partial charge < -0.3 is 18.7 Å². The summed E-state index contributed by atoms with van der Waals surface area (Å²) in [7, 11) is -1.32. The lowest BCUT2D eigenvalue weighted by atomic mass is 10.2. The molecule has 1 fully saturated rings. The molecule has 12 nitrogen and oxygen atoms in total. The summed E-state index contributed by atoms with van der Waals surface area (Å²) < 4.78 is 41.6. The third-order valence-electron chi connectivity index (χ3n) is 5.16. The number of carbonyl (C=O) groups is 1. The van der Waals surface area contributed by atoms with Crippen LogP contribution in [0.2, 0.25) is 0 Å². The molecule has 0 bridgehead atoms. The zero-order valence-electron chi connectivity index (χ0n) is 19.3. The van der Waals surface area contributed by atoms with E-state index in [0.29, 0.717) is 24.2 Å². The lowest BCUT2D eigenvalue weighted by Gasteiger charge is -2.24. The van der Waals surface area contributed by atoms with Gasteiger partial charge in [-0.3, -0.25) is 23.7 Å². The van der Waals surface area contributed by atoms with E-state index in [1.54, 1.807) is 31.2 Å². The van der Waals surface area contributed by atoms with Crippen LogP contribution < -0.4 is 25.6 Å². The summed E-state index contributed by atoms with van der Waals surface area (Å²) in [5.74, 6) is 0.165. The van der Waals surface area contributed by atoms with Crippen LogP contribution in [0.4, 0.5) is 0 Å². The van der Waals surface area contributed by atoms with Crippen molar-refractivity contribution in [2.75, 3.05) is 20.8 Å². The second kappa shape index (κ2) is 11.0. The lowest BCUT2D eigenvalue weighted by Crippen LogP contribution is -2.35. The van der Waals surface area contributed by atoms with Crippen LogP contribution >= 0.6 is 7.75 Å². The molecule has 13 heteroatoms. The van der Waals surface area contributed by atoms with Crippen LogP contribution in [-0.4, -0.2) is 48.5 Å². The minimum absolute atomic E-state index is 0.137. The summed E-state index contributed by atoms with van der Waals surface area (Å²) in [5.41, 5.74) is -0.660. The minimum atomic E-state index is -4.04. The third kappa shape index (κ3) is 6.35. The van der Waals surface area contributed by atoms with Crippen molar-refractivity contribution in [3.63, 3.8) is 0 Å². The predicted molar refractivity (Wildman–Crippen MR) is 121 cm³/mol. The van der Waals surface area contributed by atoms with Gasteiger partial charge in [0.05, 0.1) is 26.9 Å². The van der Waals surface area contributed by atoms with Crippen LogP contribution in [0.1, 0.15) is 31.6 Å². The average Bonchev–Trinajstić information content (AvgIpc) is 3.29. The Morgan fingerprint density at radius 2 is 1.91 bits per heavy atom. The number of esters is 1. The van der Waals surface area contributed by atoms with Crippen molar-refractivity contribution in [2.24, 2.45) is 0 Å². The van der Waals surface area contributed by atoms with Gasteiger partial charge >= 0.3 is 19.4 Å². The molecule has 2 N–H and O–H groups in total. The number of H-pyrrole nitrogens is 1. The molecule has 1 aliphatic heterocycles. The predicted octanol–water partition coefficient (Wildman–Crippen LogP) is 1.89. The molecule has 4 atom stereocenters. The topological polar surface area (TPSA) is 147 Å². The Kier molecular flexibility index (Phi) is 8.32. The fourth-order valence-electron chi connectivity index (χ4n) is 3.33. The monoisotopic (exact) mass is 497 g/mol. The fraction of sp³-hybridized carbons (Fsp3) is 0.476. The Morgan fingerprint density at radius 3 is 2.56 bits per heavy atom. The van der Waals surface area contributed by atoms with E-state index < -0.39 is 43.3 Å². The molecule has 0 amide bonds. The first-order chi connectivity index (χ1) is 16.1. The normalized spacial score (nSPS) is 20.4. The standard InChI is InChI=1S/C21H28N3O9P/c1-13-11-24(21(27)22-19(13)25)18-10-9-17(32-18)12-31-34(28,23-14(2)20(26)30-4)33-16-7-5-15(29-3)6-8-16/h5-8,11,14,17-18H,9-10,12H2,1-4H3,(H,23,28)(H,22,25,27)/t14?,17-,18?,34?/m0/s1. The number of aromatic nitrogens is 2. The van der Waals surface area contributed by atoms with Gasteiger partial charge in [0.1, 0.15) is 23.8 Å². The minimum Gasteiger partial charge on any atom is -0.497 e. The van der Waals surface area contributed by atoms with E-state index in [4.69, 9.17) is 18.5 Å². The number of benzene rings is 1. The molecule has 0 aliphatic carbocycles. The highest BCUT2D eigenvalue weighted by molar-refractivity contribution is 7.52. The molecule has 2 heterocycles. The number of hydrogen-bond acceptors (Lipinski definition) is 9. The lowest BCUT2D eigenvalue weighted by molar-refractivity contribution is -0.142. The van der Waals surface area contributed by atoms with Crippen LogP contribution in [0.5, 0.6) is 11.5 Å². The molecule has 186 valence electrons. The molecule has 0 saturated carbocycles. The molecular weight excluding hydrogens is 469 g/mol. The number of rotatable bonds is 10. The third-order valence-corrected chi connectivity index (χ3v) is 6.81. The quantitative estimate of drug-likeness (QED) is 0.368. The number of aromatic amines is 1. The van der Waals surface area contributed by atoms with E-state index in [9.17, 15) is 18.9 Å². The Balaban J connectivity index is 1.70. The summed E-state index contributed by atoms with van der Waals surface area (Å²) in [6.07, 6.45) is 1.30. The molecule has 2 aromatic rings. The zero-order chi connectivity index (χ0) is 24.9. The highest BCUT2D eigenvalue weighted by atomic mass is 31.2. The number of nitrogens with one attached hydrogen (secondary N) is 2. The maximum Gasteiger partial charge on any atom is 0.459 e. The van der Waals surface area contributed by atoms with Crippen LogP contribution in [-0.2, 0) is 23.4 Å². The summed E-state index contributed by atoms with van der Waals surface area (Å²) in [6, 6.07) is 5.36. The molecule has 1 aromatic heterocycles. The Hall–Kier alpha value is -2.92. The van der Waals surface area contributed by atoms with E-state index in [1.165, 1.54) is 31.9 Å². The summed E-state index contributed by atoms with van der Waals surface area (Å²) >= 11 is 0. The largest absolute Gasteiger partial charge is 0.497 e. The first kappa shape index (κ1) is 25.7. The average molecular weight is 497 g/mol. The second-order valence-corrected chi connectivity index (χ2v) is 9.40. The first-order valence-electron chi connectivity index (χ1n) is 10.6. The van der Waals surface area contributed by atoms with Crippen molar-refractivity contribution in [3.05, 3.63) is 56.9 Å². The van der Waals surface area contributed by atoms with E-state index in [1.807, 2.05) is 0 Å². The van der Waals surface area contributed by atoms with Crippen molar-refractivity contribution < 1.29 is 32.6 Å². The molecule has 1 aromatic carbocycles. The maximum atomic E-state index is 13.5.